The minimum atomic E-state index is -0.570. The first-order valence-electron chi connectivity index (χ1n) is 6.07. The molecule has 1 amide bonds. The van der Waals surface area contributed by atoms with Crippen LogP contribution in [-0.4, -0.2) is 11.7 Å². The van der Waals surface area contributed by atoms with Crippen LogP contribution < -0.4 is 4.90 Å². The lowest BCUT2D eigenvalue weighted by Crippen LogP contribution is -2.29. The summed E-state index contributed by atoms with van der Waals surface area (Å²) in [5.74, 6) is -1.08. The largest absolute Gasteiger partial charge is 0.300 e. The molecule has 3 rings (SSSR count). The molecular weight excluding hydrogens is 377 g/mol. The molecule has 0 radical (unpaired) electrons. The number of Topliss-reactive ketones (excluding diaryl/α,β-unsaturated/α-hetero) is 1. The van der Waals surface area contributed by atoms with Gasteiger partial charge in [-0.3, -0.25) is 9.59 Å². The van der Waals surface area contributed by atoms with Gasteiger partial charge in [-0.15, -0.1) is 0 Å². The van der Waals surface area contributed by atoms with Crippen molar-refractivity contribution in [2.45, 2.75) is 6.54 Å². The topological polar surface area (TPSA) is 37.4 Å². The summed E-state index contributed by atoms with van der Waals surface area (Å²) >= 11 is 15.6. The molecule has 1 aliphatic heterocycles. The van der Waals surface area contributed by atoms with Gasteiger partial charge in [-0.25, -0.2) is 0 Å². The summed E-state index contributed by atoms with van der Waals surface area (Å²) in [4.78, 5) is 25.6. The monoisotopic (exact) mass is 383 g/mol. The van der Waals surface area contributed by atoms with Gasteiger partial charge in [0.1, 0.15) is 0 Å². The van der Waals surface area contributed by atoms with Gasteiger partial charge in [0.05, 0.1) is 17.8 Å². The Kier molecular flexibility index (Phi) is 3.78. The number of benzene rings is 2. The van der Waals surface area contributed by atoms with Gasteiger partial charge >= 0.3 is 0 Å². The van der Waals surface area contributed by atoms with E-state index in [1.54, 1.807) is 36.4 Å². The van der Waals surface area contributed by atoms with Crippen LogP contribution >= 0.6 is 39.1 Å². The molecule has 1 heterocycles. The fourth-order valence-corrected chi connectivity index (χ4v) is 3.13. The lowest BCUT2D eigenvalue weighted by atomic mass is 10.1. The Bertz CT molecular complexity index is 756. The molecule has 0 saturated heterocycles. The first-order valence-corrected chi connectivity index (χ1v) is 7.62. The normalized spacial score (nSPS) is 13.8. The standard InChI is InChI=1S/C15H8BrCl2NO2/c16-8-4-5-9-13(6-8)19(15(21)14(9)20)7-10-11(17)2-1-3-12(10)18/h1-6H,7H2. The Labute approximate surface area is 139 Å². The van der Waals surface area contributed by atoms with Gasteiger partial charge in [0.15, 0.2) is 0 Å². The number of amides is 1. The molecule has 0 aromatic heterocycles. The molecule has 0 saturated carbocycles. The van der Waals surface area contributed by atoms with Crippen LogP contribution in [0.1, 0.15) is 15.9 Å². The summed E-state index contributed by atoms with van der Waals surface area (Å²) in [6, 6.07) is 10.2. The minimum absolute atomic E-state index is 0.159. The van der Waals surface area contributed by atoms with Crippen LogP contribution in [0, 0.1) is 0 Å². The van der Waals surface area contributed by atoms with Gasteiger partial charge in [-0.1, -0.05) is 45.2 Å². The third kappa shape index (κ3) is 2.48. The maximum Gasteiger partial charge on any atom is 0.299 e. The van der Waals surface area contributed by atoms with Crippen molar-refractivity contribution in [3.05, 3.63) is 62.0 Å². The van der Waals surface area contributed by atoms with Crippen LogP contribution in [0.15, 0.2) is 40.9 Å². The van der Waals surface area contributed by atoms with Crippen molar-refractivity contribution in [3.63, 3.8) is 0 Å². The highest BCUT2D eigenvalue weighted by Crippen LogP contribution is 2.35. The molecule has 0 fully saturated rings. The van der Waals surface area contributed by atoms with Crippen LogP contribution in [0.5, 0.6) is 0 Å². The van der Waals surface area contributed by atoms with E-state index in [9.17, 15) is 9.59 Å². The molecule has 1 aliphatic rings. The molecule has 106 valence electrons. The highest BCUT2D eigenvalue weighted by atomic mass is 79.9. The summed E-state index contributed by atoms with van der Waals surface area (Å²) in [5.41, 5.74) is 1.58. The lowest BCUT2D eigenvalue weighted by Gasteiger charge is -2.18. The number of carbonyl (C=O) groups excluding carboxylic acids is 2. The van der Waals surface area contributed by atoms with Crippen molar-refractivity contribution < 1.29 is 9.59 Å². The van der Waals surface area contributed by atoms with Gasteiger partial charge in [0, 0.05) is 20.1 Å². The van der Waals surface area contributed by atoms with Gasteiger partial charge in [0.25, 0.3) is 11.7 Å². The fraction of sp³-hybridized carbons (Fsp3) is 0.0667. The quantitative estimate of drug-likeness (QED) is 0.715. The van der Waals surface area contributed by atoms with E-state index >= 15 is 0 Å². The number of rotatable bonds is 2. The Morgan fingerprint density at radius 3 is 2.38 bits per heavy atom. The van der Waals surface area contributed by atoms with Crippen LogP contribution in [0.3, 0.4) is 0 Å². The van der Waals surface area contributed by atoms with Crippen molar-refractivity contribution in [1.29, 1.82) is 0 Å². The van der Waals surface area contributed by atoms with Crippen molar-refractivity contribution in [2.75, 3.05) is 4.90 Å². The van der Waals surface area contributed by atoms with Gasteiger partial charge < -0.3 is 4.90 Å². The Morgan fingerprint density at radius 1 is 1.05 bits per heavy atom. The highest BCUT2D eigenvalue weighted by Gasteiger charge is 2.36. The number of halogens is 3. The molecule has 3 nitrogen and oxygen atoms in total. The third-order valence-corrected chi connectivity index (χ3v) is 4.51. The number of anilines is 1. The average molecular weight is 385 g/mol. The maximum absolute atomic E-state index is 12.2. The molecule has 2 aromatic rings. The van der Waals surface area contributed by atoms with E-state index < -0.39 is 11.7 Å². The van der Waals surface area contributed by atoms with Gasteiger partial charge in [-0.05, 0) is 30.3 Å². The third-order valence-electron chi connectivity index (χ3n) is 3.31. The second-order valence-corrected chi connectivity index (χ2v) is 6.31. The summed E-state index contributed by atoms with van der Waals surface area (Å²) in [6.45, 7) is 0.159. The van der Waals surface area contributed by atoms with E-state index in [1.807, 2.05) is 0 Å². The Morgan fingerprint density at radius 2 is 1.71 bits per heavy atom. The first kappa shape index (κ1) is 14.6. The summed E-state index contributed by atoms with van der Waals surface area (Å²) < 4.78 is 0.791. The van der Waals surface area contributed by atoms with Gasteiger partial charge in [0.2, 0.25) is 0 Å². The fourth-order valence-electron chi connectivity index (χ4n) is 2.27. The number of nitrogens with zero attached hydrogens (tertiary/aromatic N) is 1. The SMILES string of the molecule is O=C1C(=O)N(Cc2c(Cl)cccc2Cl)c2cc(Br)ccc21. The van der Waals surface area contributed by atoms with Crippen molar-refractivity contribution in [2.24, 2.45) is 0 Å². The average Bonchev–Trinajstić information content (AvgIpc) is 2.67. The number of hydrogen-bond acceptors (Lipinski definition) is 2. The number of hydrogen-bond donors (Lipinski definition) is 0. The van der Waals surface area contributed by atoms with E-state index in [0.717, 1.165) is 4.47 Å². The van der Waals surface area contributed by atoms with E-state index in [0.29, 0.717) is 26.9 Å². The van der Waals surface area contributed by atoms with Crippen molar-refractivity contribution in [1.82, 2.24) is 0 Å². The van der Waals surface area contributed by atoms with Gasteiger partial charge in [-0.2, -0.15) is 0 Å². The van der Waals surface area contributed by atoms with Crippen molar-refractivity contribution >= 4 is 56.5 Å². The van der Waals surface area contributed by atoms with Crippen LogP contribution in [0.2, 0.25) is 10.0 Å². The zero-order valence-corrected chi connectivity index (χ0v) is 13.7. The van der Waals surface area contributed by atoms with Crippen LogP contribution in [-0.2, 0) is 11.3 Å². The molecule has 0 bridgehead atoms. The predicted molar refractivity (Wildman–Crippen MR) is 86.1 cm³/mol. The maximum atomic E-state index is 12.2. The molecular formula is C15H8BrCl2NO2. The van der Waals surface area contributed by atoms with E-state index in [2.05, 4.69) is 15.9 Å². The number of ketones is 1. The minimum Gasteiger partial charge on any atom is -0.300 e. The number of fused-ring (bicyclic) bond motifs is 1. The molecule has 0 unspecified atom stereocenters. The lowest BCUT2D eigenvalue weighted by molar-refractivity contribution is -0.114. The van der Waals surface area contributed by atoms with E-state index in [4.69, 9.17) is 23.2 Å². The molecule has 21 heavy (non-hydrogen) atoms. The predicted octanol–water partition coefficient (Wildman–Crippen LogP) is 4.49. The summed E-state index contributed by atoms with van der Waals surface area (Å²) in [6.07, 6.45) is 0. The first-order chi connectivity index (χ1) is 9.99. The van der Waals surface area contributed by atoms with Crippen LogP contribution in [0.25, 0.3) is 0 Å². The Hall–Kier alpha value is -1.36. The molecule has 6 heteroatoms. The molecule has 0 spiro atoms. The zero-order valence-electron chi connectivity index (χ0n) is 10.6. The smallest absolute Gasteiger partial charge is 0.299 e. The van der Waals surface area contributed by atoms with E-state index in [-0.39, 0.29) is 6.54 Å². The summed E-state index contributed by atoms with van der Waals surface area (Å²) in [7, 11) is 0. The molecule has 2 aromatic carbocycles. The number of carbonyl (C=O) groups is 2. The van der Waals surface area contributed by atoms with Crippen LogP contribution in [0.4, 0.5) is 5.69 Å². The second-order valence-electron chi connectivity index (χ2n) is 4.58. The second kappa shape index (κ2) is 5.44. The molecule has 0 atom stereocenters. The highest BCUT2D eigenvalue weighted by molar-refractivity contribution is 9.10. The molecule has 0 aliphatic carbocycles. The van der Waals surface area contributed by atoms with Crippen molar-refractivity contribution in [3.8, 4) is 0 Å². The molecule has 0 N–H and O–H groups in total. The van der Waals surface area contributed by atoms with E-state index in [1.165, 1.54) is 4.90 Å². The zero-order chi connectivity index (χ0) is 15.1. The Balaban J connectivity index is 2.06. The summed E-state index contributed by atoms with van der Waals surface area (Å²) in [5, 5.41) is 0.928.